The third-order valence-corrected chi connectivity index (χ3v) is 5.15. The molecule has 1 N–H and O–H groups in total. The predicted octanol–water partition coefficient (Wildman–Crippen LogP) is 3.71. The van der Waals surface area contributed by atoms with Gasteiger partial charge in [-0.15, -0.1) is 11.3 Å². The number of aryl methyl sites for hydroxylation is 1. The first kappa shape index (κ1) is 17.1. The van der Waals surface area contributed by atoms with E-state index in [1.54, 1.807) is 11.3 Å². The van der Waals surface area contributed by atoms with Crippen LogP contribution < -0.4 is 5.32 Å². The SMILES string of the molecule is Cc1c(C(=O)CCCCNCCN(C)C)sc2ccccc12. The normalized spacial score (nSPS) is 11.5. The van der Waals surface area contributed by atoms with E-state index in [9.17, 15) is 4.79 Å². The van der Waals surface area contributed by atoms with Gasteiger partial charge in [0, 0.05) is 24.2 Å². The van der Waals surface area contributed by atoms with Gasteiger partial charge in [0.05, 0.1) is 4.88 Å². The van der Waals surface area contributed by atoms with E-state index in [1.165, 1.54) is 10.1 Å². The van der Waals surface area contributed by atoms with E-state index in [1.807, 2.05) is 12.1 Å². The zero-order chi connectivity index (χ0) is 15.9. The second kappa shape index (κ2) is 8.42. The topological polar surface area (TPSA) is 32.3 Å². The number of fused-ring (bicyclic) bond motifs is 1. The summed E-state index contributed by atoms with van der Waals surface area (Å²) >= 11 is 1.64. The van der Waals surface area contributed by atoms with Crippen molar-refractivity contribution in [1.82, 2.24) is 10.2 Å². The maximum Gasteiger partial charge on any atom is 0.173 e. The molecule has 0 unspecified atom stereocenters. The van der Waals surface area contributed by atoms with E-state index in [0.29, 0.717) is 12.2 Å². The number of benzene rings is 1. The molecule has 120 valence electrons. The van der Waals surface area contributed by atoms with Gasteiger partial charge in [0.2, 0.25) is 0 Å². The van der Waals surface area contributed by atoms with Gasteiger partial charge < -0.3 is 10.2 Å². The van der Waals surface area contributed by atoms with Gasteiger partial charge in [0.1, 0.15) is 0 Å². The number of hydrogen-bond acceptors (Lipinski definition) is 4. The van der Waals surface area contributed by atoms with Gasteiger partial charge in [-0.2, -0.15) is 0 Å². The molecule has 22 heavy (non-hydrogen) atoms. The standard InChI is InChI=1S/C18H26N2OS/c1-14-15-8-4-5-10-17(15)22-18(14)16(21)9-6-7-11-19-12-13-20(2)3/h4-5,8,10,19H,6-7,9,11-13H2,1-3H3. The number of carbonyl (C=O) groups excluding carboxylic acids is 1. The van der Waals surface area contributed by atoms with Crippen LogP contribution in [0.1, 0.15) is 34.5 Å². The number of unbranched alkanes of at least 4 members (excludes halogenated alkanes) is 1. The minimum Gasteiger partial charge on any atom is -0.315 e. The molecule has 0 saturated heterocycles. The molecule has 0 bridgehead atoms. The van der Waals surface area contributed by atoms with E-state index in [0.717, 1.165) is 42.9 Å². The summed E-state index contributed by atoms with van der Waals surface area (Å²) in [6.45, 7) is 5.12. The second-order valence-corrected chi connectivity index (χ2v) is 7.04. The summed E-state index contributed by atoms with van der Waals surface area (Å²) in [6.07, 6.45) is 2.67. The average molecular weight is 318 g/mol. The zero-order valence-corrected chi connectivity index (χ0v) is 14.6. The van der Waals surface area contributed by atoms with Crippen LogP contribution in [0.5, 0.6) is 0 Å². The molecule has 0 spiro atoms. The molecule has 3 nitrogen and oxygen atoms in total. The van der Waals surface area contributed by atoms with Gasteiger partial charge in [-0.1, -0.05) is 18.2 Å². The average Bonchev–Trinajstić information content (AvgIpc) is 2.83. The highest BCUT2D eigenvalue weighted by atomic mass is 32.1. The van der Waals surface area contributed by atoms with Crippen LogP contribution in [-0.4, -0.2) is 44.4 Å². The molecule has 0 aliphatic carbocycles. The largest absolute Gasteiger partial charge is 0.315 e. The van der Waals surface area contributed by atoms with Gasteiger partial charge in [-0.3, -0.25) is 4.79 Å². The molecule has 1 heterocycles. The first-order valence-corrected chi connectivity index (χ1v) is 8.78. The number of thiophene rings is 1. The monoisotopic (exact) mass is 318 g/mol. The number of nitrogens with zero attached hydrogens (tertiary/aromatic N) is 1. The van der Waals surface area contributed by atoms with Gasteiger partial charge in [-0.25, -0.2) is 0 Å². The molecule has 1 aromatic carbocycles. The summed E-state index contributed by atoms with van der Waals surface area (Å²) in [6, 6.07) is 8.27. The molecular formula is C18H26N2OS. The maximum atomic E-state index is 12.4. The fourth-order valence-corrected chi connectivity index (χ4v) is 3.69. The molecule has 1 aromatic heterocycles. The highest BCUT2D eigenvalue weighted by molar-refractivity contribution is 7.21. The number of rotatable bonds is 9. The van der Waals surface area contributed by atoms with Crippen molar-refractivity contribution in [1.29, 1.82) is 0 Å². The van der Waals surface area contributed by atoms with Crippen LogP contribution in [0.25, 0.3) is 10.1 Å². The number of nitrogens with one attached hydrogen (secondary N) is 1. The van der Waals surface area contributed by atoms with Crippen molar-refractivity contribution in [2.75, 3.05) is 33.7 Å². The number of likely N-dealkylation sites (N-methyl/N-ethyl adjacent to an activating group) is 1. The summed E-state index contributed by atoms with van der Waals surface area (Å²) in [7, 11) is 4.15. The smallest absolute Gasteiger partial charge is 0.173 e. The fourth-order valence-electron chi connectivity index (χ4n) is 2.52. The van der Waals surface area contributed by atoms with Crippen LogP contribution in [0, 0.1) is 6.92 Å². The van der Waals surface area contributed by atoms with Crippen molar-refractivity contribution in [2.45, 2.75) is 26.2 Å². The van der Waals surface area contributed by atoms with Crippen molar-refractivity contribution in [3.8, 4) is 0 Å². The summed E-state index contributed by atoms with van der Waals surface area (Å²) in [4.78, 5) is 15.5. The lowest BCUT2D eigenvalue weighted by Crippen LogP contribution is -2.27. The van der Waals surface area contributed by atoms with Gasteiger partial charge in [0.25, 0.3) is 0 Å². The Morgan fingerprint density at radius 2 is 1.95 bits per heavy atom. The van der Waals surface area contributed by atoms with Crippen LogP contribution in [0.2, 0.25) is 0 Å². The zero-order valence-electron chi connectivity index (χ0n) is 13.8. The Kier molecular flexibility index (Phi) is 6.55. The Morgan fingerprint density at radius 3 is 2.68 bits per heavy atom. The summed E-state index contributed by atoms with van der Waals surface area (Å²) in [5.74, 6) is 0.298. The van der Waals surface area contributed by atoms with Crippen molar-refractivity contribution in [2.24, 2.45) is 0 Å². The summed E-state index contributed by atoms with van der Waals surface area (Å²) in [5.41, 5.74) is 1.15. The van der Waals surface area contributed by atoms with Crippen LogP contribution in [-0.2, 0) is 0 Å². The first-order valence-electron chi connectivity index (χ1n) is 7.96. The molecule has 0 amide bonds. The van der Waals surface area contributed by atoms with E-state index in [4.69, 9.17) is 0 Å². The third kappa shape index (κ3) is 4.63. The highest BCUT2D eigenvalue weighted by Crippen LogP contribution is 2.31. The van der Waals surface area contributed by atoms with E-state index < -0.39 is 0 Å². The van der Waals surface area contributed by atoms with Crippen molar-refractivity contribution in [3.05, 3.63) is 34.7 Å². The first-order chi connectivity index (χ1) is 10.6. The van der Waals surface area contributed by atoms with Gasteiger partial charge in [0.15, 0.2) is 5.78 Å². The van der Waals surface area contributed by atoms with Gasteiger partial charge >= 0.3 is 0 Å². The van der Waals surface area contributed by atoms with Crippen LogP contribution in [0.15, 0.2) is 24.3 Å². The van der Waals surface area contributed by atoms with Crippen molar-refractivity contribution in [3.63, 3.8) is 0 Å². The lowest BCUT2D eigenvalue weighted by Gasteiger charge is -2.09. The summed E-state index contributed by atoms with van der Waals surface area (Å²) < 4.78 is 1.22. The quantitative estimate of drug-likeness (QED) is 0.565. The number of ketones is 1. The Morgan fingerprint density at radius 1 is 1.18 bits per heavy atom. The molecule has 4 heteroatoms. The fraction of sp³-hybridized carbons (Fsp3) is 0.500. The molecule has 0 atom stereocenters. The lowest BCUT2D eigenvalue weighted by atomic mass is 10.1. The van der Waals surface area contributed by atoms with Crippen LogP contribution in [0.4, 0.5) is 0 Å². The van der Waals surface area contributed by atoms with Crippen molar-refractivity contribution >= 4 is 27.2 Å². The molecule has 0 fully saturated rings. The van der Waals surface area contributed by atoms with E-state index >= 15 is 0 Å². The lowest BCUT2D eigenvalue weighted by molar-refractivity contribution is 0.0983. The number of Topliss-reactive ketones (excluding diaryl/α,β-unsaturated/α-hetero) is 1. The molecule has 0 aliphatic heterocycles. The van der Waals surface area contributed by atoms with E-state index in [2.05, 4.69) is 43.4 Å². The molecule has 0 saturated carbocycles. The predicted molar refractivity (Wildman–Crippen MR) is 96.2 cm³/mol. The minimum atomic E-state index is 0.298. The maximum absolute atomic E-state index is 12.4. The van der Waals surface area contributed by atoms with Crippen LogP contribution >= 0.6 is 11.3 Å². The van der Waals surface area contributed by atoms with E-state index in [-0.39, 0.29) is 0 Å². The van der Waals surface area contributed by atoms with Crippen LogP contribution in [0.3, 0.4) is 0 Å². The summed E-state index contributed by atoms with van der Waals surface area (Å²) in [5, 5.41) is 4.64. The molecular weight excluding hydrogens is 292 g/mol. The molecule has 2 aromatic rings. The highest BCUT2D eigenvalue weighted by Gasteiger charge is 2.14. The number of carbonyl (C=O) groups is 1. The molecule has 0 radical (unpaired) electrons. The Balaban J connectivity index is 1.76. The second-order valence-electron chi connectivity index (χ2n) is 5.99. The molecule has 0 aliphatic rings. The Bertz CT molecular complexity index is 619. The molecule has 2 rings (SSSR count). The Hall–Kier alpha value is -1.23. The minimum absolute atomic E-state index is 0.298. The third-order valence-electron chi connectivity index (χ3n) is 3.84. The Labute approximate surface area is 137 Å². The van der Waals surface area contributed by atoms with Gasteiger partial charge in [-0.05, 0) is 57.4 Å². The number of hydrogen-bond donors (Lipinski definition) is 1. The van der Waals surface area contributed by atoms with Crippen molar-refractivity contribution < 1.29 is 4.79 Å².